The molecule has 0 atom stereocenters. The number of pyridine rings is 1. The lowest BCUT2D eigenvalue weighted by atomic mass is 9.99. The van der Waals surface area contributed by atoms with Crippen molar-refractivity contribution in [2.24, 2.45) is 0 Å². The Labute approximate surface area is 169 Å². The zero-order valence-corrected chi connectivity index (χ0v) is 16.3. The molecule has 7 nitrogen and oxygen atoms in total. The predicted molar refractivity (Wildman–Crippen MR) is 107 cm³/mol. The van der Waals surface area contributed by atoms with Crippen LogP contribution >= 0.6 is 0 Å². The maximum Gasteiger partial charge on any atom is 0.229 e. The summed E-state index contributed by atoms with van der Waals surface area (Å²) in [4.78, 5) is 16.6. The zero-order valence-electron chi connectivity index (χ0n) is 16.3. The van der Waals surface area contributed by atoms with E-state index >= 15 is 0 Å². The van der Waals surface area contributed by atoms with Crippen molar-refractivity contribution >= 4 is 11.7 Å². The van der Waals surface area contributed by atoms with Gasteiger partial charge in [0.2, 0.25) is 5.91 Å². The quantitative estimate of drug-likeness (QED) is 0.726. The third-order valence-electron chi connectivity index (χ3n) is 4.68. The molecule has 1 aliphatic rings. The van der Waals surface area contributed by atoms with E-state index in [1.807, 2.05) is 24.3 Å². The Morgan fingerprint density at radius 1 is 1.31 bits per heavy atom. The van der Waals surface area contributed by atoms with E-state index in [2.05, 4.69) is 29.2 Å². The highest BCUT2D eigenvalue weighted by Gasteiger charge is 2.29. The zero-order chi connectivity index (χ0) is 20.4. The van der Waals surface area contributed by atoms with Gasteiger partial charge in [-0.05, 0) is 43.2 Å². The molecule has 0 aliphatic carbocycles. The van der Waals surface area contributed by atoms with Crippen LogP contribution in [0.15, 0.2) is 48.8 Å². The highest BCUT2D eigenvalue weighted by molar-refractivity contribution is 5.91. The number of hydrogen-bond donors (Lipinski definition) is 1. The molecule has 1 N–H and O–H groups in total. The van der Waals surface area contributed by atoms with Gasteiger partial charge in [0.15, 0.2) is 5.82 Å². The number of carbonyl (C=O) groups is 1. The molecule has 1 amide bonds. The Balaban J connectivity index is 1.35. The molecule has 3 heterocycles. The Morgan fingerprint density at radius 3 is 2.93 bits per heavy atom. The third-order valence-corrected chi connectivity index (χ3v) is 4.68. The van der Waals surface area contributed by atoms with Gasteiger partial charge in [-0.3, -0.25) is 14.5 Å². The van der Waals surface area contributed by atoms with Crippen molar-refractivity contribution in [1.29, 1.82) is 5.26 Å². The average molecular weight is 387 g/mol. The number of anilines is 1. The van der Waals surface area contributed by atoms with Gasteiger partial charge >= 0.3 is 0 Å². The van der Waals surface area contributed by atoms with E-state index in [0.717, 1.165) is 29.0 Å². The standard InChI is InChI=1S/C22H21N5O2/c1-22(2)11-17-9-15(4-6-19(17)29-22)10-21(28)25-20-7-8-27(26-20)14-18-5-3-16(12-23)13-24-18/h3-9,13H,10-11,14H2,1-2H3,(H,25,26,28). The molecule has 4 rings (SSSR count). The summed E-state index contributed by atoms with van der Waals surface area (Å²) in [6, 6.07) is 13.2. The molecule has 0 spiro atoms. The minimum Gasteiger partial charge on any atom is -0.487 e. The van der Waals surface area contributed by atoms with Gasteiger partial charge in [0.25, 0.3) is 0 Å². The van der Waals surface area contributed by atoms with Crippen molar-refractivity contribution in [3.05, 3.63) is 71.2 Å². The van der Waals surface area contributed by atoms with Gasteiger partial charge in [0.1, 0.15) is 17.4 Å². The molecule has 0 saturated carbocycles. The molecule has 1 aromatic carbocycles. The number of amides is 1. The summed E-state index contributed by atoms with van der Waals surface area (Å²) in [5.41, 5.74) is 3.19. The van der Waals surface area contributed by atoms with Crippen LogP contribution in [0.2, 0.25) is 0 Å². The van der Waals surface area contributed by atoms with Crippen LogP contribution in [0.4, 0.5) is 5.82 Å². The van der Waals surface area contributed by atoms with Crippen molar-refractivity contribution < 1.29 is 9.53 Å². The number of nitriles is 1. The molecule has 2 aromatic heterocycles. The first-order chi connectivity index (χ1) is 13.9. The maximum atomic E-state index is 12.4. The van der Waals surface area contributed by atoms with E-state index in [1.165, 1.54) is 6.20 Å². The number of benzene rings is 1. The Bertz CT molecular complexity index is 1090. The van der Waals surface area contributed by atoms with E-state index in [9.17, 15) is 4.79 Å². The second-order valence-corrected chi connectivity index (χ2v) is 7.75. The monoisotopic (exact) mass is 387 g/mol. The first-order valence-electron chi connectivity index (χ1n) is 9.39. The summed E-state index contributed by atoms with van der Waals surface area (Å²) in [6.07, 6.45) is 4.43. The molecule has 0 fully saturated rings. The lowest BCUT2D eigenvalue weighted by molar-refractivity contribution is -0.115. The van der Waals surface area contributed by atoms with E-state index in [0.29, 0.717) is 17.9 Å². The summed E-state index contributed by atoms with van der Waals surface area (Å²) in [7, 11) is 0. The van der Waals surface area contributed by atoms with Gasteiger partial charge in [-0.25, -0.2) is 0 Å². The van der Waals surface area contributed by atoms with Crippen molar-refractivity contribution in [2.75, 3.05) is 5.32 Å². The lowest BCUT2D eigenvalue weighted by Gasteiger charge is -2.16. The van der Waals surface area contributed by atoms with Crippen molar-refractivity contribution in [3.8, 4) is 11.8 Å². The van der Waals surface area contributed by atoms with Crippen LogP contribution in [-0.4, -0.2) is 26.3 Å². The minimum absolute atomic E-state index is 0.120. The van der Waals surface area contributed by atoms with Crippen LogP contribution in [0.3, 0.4) is 0 Å². The van der Waals surface area contributed by atoms with Crippen LogP contribution in [0, 0.1) is 11.3 Å². The molecule has 0 bridgehead atoms. The Kier molecular flexibility index (Phi) is 4.77. The van der Waals surface area contributed by atoms with E-state index < -0.39 is 0 Å². The second-order valence-electron chi connectivity index (χ2n) is 7.75. The van der Waals surface area contributed by atoms with Crippen LogP contribution in [0.25, 0.3) is 0 Å². The molecule has 3 aromatic rings. The topological polar surface area (TPSA) is 92.8 Å². The van der Waals surface area contributed by atoms with Gasteiger partial charge in [-0.1, -0.05) is 12.1 Å². The minimum atomic E-state index is -0.195. The average Bonchev–Trinajstić information content (AvgIpc) is 3.23. The van der Waals surface area contributed by atoms with Crippen molar-refractivity contribution in [1.82, 2.24) is 14.8 Å². The van der Waals surface area contributed by atoms with Crippen molar-refractivity contribution in [3.63, 3.8) is 0 Å². The number of ether oxygens (including phenoxy) is 1. The molecule has 7 heteroatoms. The number of nitrogens with zero attached hydrogens (tertiary/aromatic N) is 4. The Hall–Kier alpha value is -3.66. The number of carbonyl (C=O) groups excluding carboxylic acids is 1. The first kappa shape index (κ1) is 18.7. The highest BCUT2D eigenvalue weighted by Crippen LogP contribution is 2.35. The van der Waals surface area contributed by atoms with Crippen LogP contribution in [0.1, 0.15) is 36.2 Å². The molecule has 29 heavy (non-hydrogen) atoms. The van der Waals surface area contributed by atoms with E-state index in [-0.39, 0.29) is 17.9 Å². The fraction of sp³-hybridized carbons (Fsp3) is 0.273. The van der Waals surface area contributed by atoms with E-state index in [1.54, 1.807) is 29.1 Å². The molecule has 0 saturated heterocycles. The van der Waals surface area contributed by atoms with Gasteiger partial charge in [0.05, 0.1) is 24.2 Å². The fourth-order valence-corrected chi connectivity index (χ4v) is 3.41. The summed E-state index contributed by atoms with van der Waals surface area (Å²) in [5, 5.41) is 16.0. The number of aromatic nitrogens is 3. The fourth-order valence-electron chi connectivity index (χ4n) is 3.41. The first-order valence-corrected chi connectivity index (χ1v) is 9.39. The van der Waals surface area contributed by atoms with Crippen LogP contribution in [-0.2, 0) is 24.2 Å². The van der Waals surface area contributed by atoms with Crippen LogP contribution in [0.5, 0.6) is 5.75 Å². The van der Waals surface area contributed by atoms with E-state index in [4.69, 9.17) is 10.00 Å². The molecular formula is C22H21N5O2. The maximum absolute atomic E-state index is 12.4. The smallest absolute Gasteiger partial charge is 0.229 e. The lowest BCUT2D eigenvalue weighted by Crippen LogP contribution is -2.24. The van der Waals surface area contributed by atoms with Crippen LogP contribution < -0.4 is 10.1 Å². The summed E-state index contributed by atoms with van der Waals surface area (Å²) in [5.74, 6) is 1.27. The van der Waals surface area contributed by atoms with Gasteiger partial charge in [-0.15, -0.1) is 0 Å². The largest absolute Gasteiger partial charge is 0.487 e. The SMILES string of the molecule is CC1(C)Cc2cc(CC(=O)Nc3ccn(Cc4ccc(C#N)cn4)n3)ccc2O1. The summed E-state index contributed by atoms with van der Waals surface area (Å²) in [6.45, 7) is 4.58. The highest BCUT2D eigenvalue weighted by atomic mass is 16.5. The number of fused-ring (bicyclic) bond motifs is 1. The number of hydrogen-bond acceptors (Lipinski definition) is 5. The molecule has 146 valence electrons. The molecule has 0 unspecified atom stereocenters. The Morgan fingerprint density at radius 2 is 2.17 bits per heavy atom. The molecular weight excluding hydrogens is 366 g/mol. The number of rotatable bonds is 5. The second kappa shape index (κ2) is 7.40. The summed E-state index contributed by atoms with van der Waals surface area (Å²) >= 11 is 0. The molecule has 1 aliphatic heterocycles. The number of nitrogens with one attached hydrogen (secondary N) is 1. The van der Waals surface area contributed by atoms with Gasteiger partial charge < -0.3 is 10.1 Å². The van der Waals surface area contributed by atoms with Gasteiger partial charge in [-0.2, -0.15) is 10.4 Å². The summed E-state index contributed by atoms with van der Waals surface area (Å²) < 4.78 is 7.57. The normalized spacial score (nSPS) is 14.0. The van der Waals surface area contributed by atoms with Crippen molar-refractivity contribution in [2.45, 2.75) is 38.8 Å². The molecule has 0 radical (unpaired) electrons. The van der Waals surface area contributed by atoms with Gasteiger partial charge in [0, 0.05) is 24.9 Å². The third kappa shape index (κ3) is 4.43. The predicted octanol–water partition coefficient (Wildman–Crippen LogP) is 3.09.